The number of benzene rings is 1. The molecule has 0 aliphatic carbocycles. The highest BCUT2D eigenvalue weighted by atomic mass is 16.4. The third-order valence-corrected chi connectivity index (χ3v) is 5.12. The first-order chi connectivity index (χ1) is 12.9. The Kier molecular flexibility index (Phi) is 6.01. The summed E-state index contributed by atoms with van der Waals surface area (Å²) in [6.07, 6.45) is 2.24. The number of likely N-dealkylation sites (tertiary alicyclic amines) is 1. The van der Waals surface area contributed by atoms with Crippen molar-refractivity contribution in [3.8, 4) is 0 Å². The van der Waals surface area contributed by atoms with Crippen molar-refractivity contribution in [2.45, 2.75) is 39.5 Å². The predicted molar refractivity (Wildman–Crippen MR) is 108 cm³/mol. The number of nitrogens with zero attached hydrogens (tertiary/aromatic N) is 3. The van der Waals surface area contributed by atoms with Crippen LogP contribution in [0.15, 0.2) is 41.4 Å². The molecule has 0 saturated carbocycles. The topological polar surface area (TPSA) is 65.8 Å². The average Bonchev–Trinajstić information content (AvgIpc) is 2.64. The molecule has 1 fully saturated rings. The molecule has 0 bridgehead atoms. The molecule has 1 saturated heterocycles. The second-order valence-electron chi connectivity index (χ2n) is 7.41. The molecule has 5 nitrogen and oxygen atoms in total. The van der Waals surface area contributed by atoms with E-state index in [0.29, 0.717) is 11.5 Å². The summed E-state index contributed by atoms with van der Waals surface area (Å²) in [4.78, 5) is 22.9. The van der Waals surface area contributed by atoms with Crippen molar-refractivity contribution in [2.75, 3.05) is 19.6 Å². The molecule has 1 N–H and O–H groups in total. The third kappa shape index (κ3) is 5.01. The summed E-state index contributed by atoms with van der Waals surface area (Å²) in [7, 11) is 0. The van der Waals surface area contributed by atoms with Gasteiger partial charge in [-0.25, -0.2) is 4.79 Å². The first-order valence-corrected chi connectivity index (χ1v) is 9.46. The molecule has 3 rings (SSSR count). The standard InChI is InChI=1S/C22H27N3O2/c1-15-13-19(22(26)27)7-8-20(15)24-17(3)14-25-11-9-18(10-12-25)21-6-4-5-16(2)23-21/h4-8,13,18H,9-12,14H2,1-3H3,(H,26,27). The molecule has 142 valence electrons. The highest BCUT2D eigenvalue weighted by Gasteiger charge is 2.21. The number of hydrogen-bond donors (Lipinski definition) is 1. The van der Waals surface area contributed by atoms with Gasteiger partial charge < -0.3 is 5.11 Å². The molecular weight excluding hydrogens is 338 g/mol. The molecular formula is C22H27N3O2. The van der Waals surface area contributed by atoms with Gasteiger partial charge in [0.2, 0.25) is 0 Å². The third-order valence-electron chi connectivity index (χ3n) is 5.12. The van der Waals surface area contributed by atoms with Gasteiger partial charge in [0.05, 0.1) is 11.3 Å². The van der Waals surface area contributed by atoms with Crippen LogP contribution in [0.3, 0.4) is 0 Å². The van der Waals surface area contributed by atoms with E-state index in [1.54, 1.807) is 18.2 Å². The molecule has 1 aromatic carbocycles. The zero-order valence-corrected chi connectivity index (χ0v) is 16.3. The average molecular weight is 365 g/mol. The van der Waals surface area contributed by atoms with E-state index in [1.807, 2.05) is 26.8 Å². The lowest BCUT2D eigenvalue weighted by Gasteiger charge is -2.31. The van der Waals surface area contributed by atoms with Crippen LogP contribution in [0.1, 0.15) is 53.0 Å². The van der Waals surface area contributed by atoms with Gasteiger partial charge in [-0.05, 0) is 82.6 Å². The smallest absolute Gasteiger partial charge is 0.335 e. The van der Waals surface area contributed by atoms with Crippen molar-refractivity contribution in [3.05, 3.63) is 58.9 Å². The Bertz CT molecular complexity index is 852. The zero-order valence-electron chi connectivity index (χ0n) is 16.3. The van der Waals surface area contributed by atoms with Crippen LogP contribution in [0.25, 0.3) is 0 Å². The molecule has 0 radical (unpaired) electrons. The maximum Gasteiger partial charge on any atom is 0.335 e. The lowest BCUT2D eigenvalue weighted by atomic mass is 9.93. The summed E-state index contributed by atoms with van der Waals surface area (Å²) < 4.78 is 0. The summed E-state index contributed by atoms with van der Waals surface area (Å²) in [6, 6.07) is 11.4. The van der Waals surface area contributed by atoms with Crippen molar-refractivity contribution in [2.24, 2.45) is 4.99 Å². The minimum Gasteiger partial charge on any atom is -0.478 e. The Morgan fingerprint density at radius 1 is 1.22 bits per heavy atom. The molecule has 1 aliphatic rings. The molecule has 0 spiro atoms. The van der Waals surface area contributed by atoms with Crippen LogP contribution in [0, 0.1) is 13.8 Å². The Balaban J connectivity index is 1.58. The van der Waals surface area contributed by atoms with Gasteiger partial charge in [-0.3, -0.25) is 14.9 Å². The minimum atomic E-state index is -0.906. The van der Waals surface area contributed by atoms with E-state index in [4.69, 9.17) is 10.1 Å². The van der Waals surface area contributed by atoms with Crippen molar-refractivity contribution in [1.29, 1.82) is 0 Å². The quantitative estimate of drug-likeness (QED) is 0.799. The number of carbonyl (C=O) groups is 1. The largest absolute Gasteiger partial charge is 0.478 e. The van der Waals surface area contributed by atoms with Crippen molar-refractivity contribution in [3.63, 3.8) is 0 Å². The zero-order chi connectivity index (χ0) is 19.4. The number of aliphatic imine (C=N–C) groups is 1. The molecule has 0 unspecified atom stereocenters. The Morgan fingerprint density at radius 2 is 1.96 bits per heavy atom. The fourth-order valence-electron chi connectivity index (χ4n) is 3.66. The van der Waals surface area contributed by atoms with E-state index in [1.165, 1.54) is 5.69 Å². The first kappa shape index (κ1) is 19.2. The minimum absolute atomic E-state index is 0.302. The second kappa shape index (κ2) is 8.44. The highest BCUT2D eigenvalue weighted by Crippen LogP contribution is 2.27. The van der Waals surface area contributed by atoms with Crippen molar-refractivity contribution < 1.29 is 9.90 Å². The summed E-state index contributed by atoms with van der Waals surface area (Å²) in [5.41, 5.74) is 5.38. The predicted octanol–water partition coefficient (Wildman–Crippen LogP) is 4.37. The number of carboxylic acid groups (broad SMARTS) is 1. The van der Waals surface area contributed by atoms with Gasteiger partial charge in [0.15, 0.2) is 0 Å². The maximum absolute atomic E-state index is 11.1. The fraction of sp³-hybridized carbons (Fsp3) is 0.409. The number of hydrogen-bond acceptors (Lipinski definition) is 4. The second-order valence-corrected chi connectivity index (χ2v) is 7.41. The summed E-state index contributed by atoms with van der Waals surface area (Å²) in [5.74, 6) is -0.361. The SMILES string of the molecule is CC(CN1CCC(c2cccc(C)n2)CC1)=Nc1ccc(C(=O)O)cc1C. The molecule has 1 aromatic heterocycles. The summed E-state index contributed by atoms with van der Waals surface area (Å²) in [6.45, 7) is 8.92. The van der Waals surface area contributed by atoms with Crippen LogP contribution in [0.2, 0.25) is 0 Å². The number of aromatic carboxylic acids is 1. The van der Waals surface area contributed by atoms with Crippen LogP contribution < -0.4 is 0 Å². The van der Waals surface area contributed by atoms with E-state index in [0.717, 1.165) is 55.1 Å². The molecule has 5 heteroatoms. The van der Waals surface area contributed by atoms with Crippen LogP contribution in [-0.2, 0) is 0 Å². The van der Waals surface area contributed by atoms with Gasteiger partial charge in [0, 0.05) is 29.6 Å². The van der Waals surface area contributed by atoms with E-state index < -0.39 is 5.97 Å². The molecule has 2 aromatic rings. The normalized spacial score (nSPS) is 16.5. The van der Waals surface area contributed by atoms with Gasteiger partial charge >= 0.3 is 5.97 Å². The van der Waals surface area contributed by atoms with Gasteiger partial charge in [-0.1, -0.05) is 6.07 Å². The number of piperidine rings is 1. The number of rotatable bonds is 5. The van der Waals surface area contributed by atoms with E-state index >= 15 is 0 Å². The van der Waals surface area contributed by atoms with Gasteiger partial charge in [-0.15, -0.1) is 0 Å². The van der Waals surface area contributed by atoms with Crippen molar-refractivity contribution >= 4 is 17.4 Å². The molecule has 0 atom stereocenters. The molecule has 1 aliphatic heterocycles. The van der Waals surface area contributed by atoms with Crippen molar-refractivity contribution in [1.82, 2.24) is 9.88 Å². The number of pyridine rings is 1. The Morgan fingerprint density at radius 3 is 2.59 bits per heavy atom. The van der Waals surface area contributed by atoms with E-state index in [-0.39, 0.29) is 0 Å². The maximum atomic E-state index is 11.1. The molecule has 0 amide bonds. The van der Waals surface area contributed by atoms with Gasteiger partial charge in [-0.2, -0.15) is 0 Å². The highest BCUT2D eigenvalue weighted by molar-refractivity contribution is 5.90. The van der Waals surface area contributed by atoms with E-state index in [9.17, 15) is 4.79 Å². The Hall–Kier alpha value is -2.53. The first-order valence-electron chi connectivity index (χ1n) is 9.46. The van der Waals surface area contributed by atoms with Crippen LogP contribution >= 0.6 is 0 Å². The summed E-state index contributed by atoms with van der Waals surface area (Å²) >= 11 is 0. The number of aryl methyl sites for hydroxylation is 2. The molecule has 27 heavy (non-hydrogen) atoms. The molecule has 2 heterocycles. The Labute approximate surface area is 160 Å². The lowest BCUT2D eigenvalue weighted by molar-refractivity contribution is 0.0697. The lowest BCUT2D eigenvalue weighted by Crippen LogP contribution is -2.36. The van der Waals surface area contributed by atoms with E-state index in [2.05, 4.69) is 22.0 Å². The number of aromatic nitrogens is 1. The van der Waals surface area contributed by atoms with Crippen LogP contribution in [-0.4, -0.2) is 46.3 Å². The van der Waals surface area contributed by atoms with Crippen LogP contribution in [0.5, 0.6) is 0 Å². The fourth-order valence-corrected chi connectivity index (χ4v) is 3.66. The summed E-state index contributed by atoms with van der Waals surface area (Å²) in [5, 5.41) is 9.07. The van der Waals surface area contributed by atoms with Gasteiger partial charge in [0.1, 0.15) is 0 Å². The number of carboxylic acids is 1. The van der Waals surface area contributed by atoms with Crippen LogP contribution in [0.4, 0.5) is 5.69 Å². The monoisotopic (exact) mass is 365 g/mol. The van der Waals surface area contributed by atoms with Gasteiger partial charge in [0.25, 0.3) is 0 Å².